The first-order chi connectivity index (χ1) is 7.31. The number of carbonyl (C=O) groups is 2. The Kier molecular flexibility index (Phi) is 6.92. The summed E-state index contributed by atoms with van der Waals surface area (Å²) in [4.78, 5) is 21.6. The molecule has 0 aromatic rings. The van der Waals surface area contributed by atoms with E-state index in [2.05, 4.69) is 0 Å². The molecule has 0 aliphatic carbocycles. The highest BCUT2D eigenvalue weighted by Gasteiger charge is 2.19. The molecule has 5 heteroatoms. The highest BCUT2D eigenvalue weighted by atomic mass is 16.7. The Morgan fingerprint density at radius 2 is 1.50 bits per heavy atom. The second-order valence-corrected chi connectivity index (χ2v) is 4.11. The summed E-state index contributed by atoms with van der Waals surface area (Å²) in [6.45, 7) is 7.33. The van der Waals surface area contributed by atoms with Gasteiger partial charge in [-0.05, 0) is 27.7 Å². The van der Waals surface area contributed by atoms with Gasteiger partial charge in [-0.25, -0.2) is 0 Å². The van der Waals surface area contributed by atoms with E-state index in [-0.39, 0.29) is 24.4 Å². The third-order valence-corrected chi connectivity index (χ3v) is 1.59. The summed E-state index contributed by atoms with van der Waals surface area (Å²) in [6, 6.07) is 0. The van der Waals surface area contributed by atoms with Gasteiger partial charge in [-0.2, -0.15) is 0 Å². The molecular weight excluding hydrogens is 212 g/mol. The summed E-state index contributed by atoms with van der Waals surface area (Å²) in [5.41, 5.74) is 0. The molecule has 0 fully saturated rings. The Balaban J connectivity index is 4.18. The zero-order chi connectivity index (χ0) is 12.7. The molecule has 16 heavy (non-hydrogen) atoms. The first-order valence-electron chi connectivity index (χ1n) is 5.35. The van der Waals surface area contributed by atoms with E-state index in [4.69, 9.17) is 14.6 Å². The molecule has 0 aliphatic heterocycles. The van der Waals surface area contributed by atoms with E-state index < -0.39 is 18.7 Å². The maximum Gasteiger partial charge on any atom is 0.310 e. The molecular formula is C11H20O5. The lowest BCUT2D eigenvalue weighted by atomic mass is 10.2. The van der Waals surface area contributed by atoms with Crippen molar-refractivity contribution in [1.82, 2.24) is 0 Å². The summed E-state index contributed by atoms with van der Waals surface area (Å²) in [6.07, 6.45) is -1.31. The number of aliphatic carboxylic acids is 1. The summed E-state index contributed by atoms with van der Waals surface area (Å²) in [5, 5.41) is 8.46. The van der Waals surface area contributed by atoms with Crippen molar-refractivity contribution in [1.29, 1.82) is 0 Å². The molecule has 0 heterocycles. The van der Waals surface area contributed by atoms with E-state index in [0.717, 1.165) is 0 Å². The zero-order valence-corrected chi connectivity index (χ0v) is 10.2. The van der Waals surface area contributed by atoms with Gasteiger partial charge in [0.15, 0.2) is 6.29 Å². The number of Topliss-reactive ketones (excluding diaryl/α,β-unsaturated/α-hetero) is 1. The minimum Gasteiger partial charge on any atom is -0.481 e. The number of carboxylic acids is 1. The van der Waals surface area contributed by atoms with Gasteiger partial charge in [0, 0.05) is 0 Å². The third-order valence-electron chi connectivity index (χ3n) is 1.59. The lowest BCUT2D eigenvalue weighted by Gasteiger charge is -2.22. The molecule has 5 nitrogen and oxygen atoms in total. The largest absolute Gasteiger partial charge is 0.481 e. The topological polar surface area (TPSA) is 72.8 Å². The predicted octanol–water partition coefficient (Wildman–Crippen LogP) is 1.60. The predicted molar refractivity (Wildman–Crippen MR) is 58.1 cm³/mol. The third kappa shape index (κ3) is 8.38. The number of ketones is 1. The van der Waals surface area contributed by atoms with Crippen LogP contribution in [0.5, 0.6) is 0 Å². The summed E-state index contributed by atoms with van der Waals surface area (Å²) in [5.74, 6) is -1.52. The van der Waals surface area contributed by atoms with Crippen molar-refractivity contribution in [2.75, 3.05) is 0 Å². The van der Waals surface area contributed by atoms with Crippen LogP contribution in [-0.4, -0.2) is 35.4 Å². The van der Waals surface area contributed by atoms with Crippen LogP contribution in [-0.2, 0) is 19.1 Å². The van der Waals surface area contributed by atoms with E-state index in [9.17, 15) is 9.59 Å². The van der Waals surface area contributed by atoms with Crippen molar-refractivity contribution < 1.29 is 24.2 Å². The molecule has 0 aliphatic rings. The van der Waals surface area contributed by atoms with Gasteiger partial charge in [0.2, 0.25) is 0 Å². The van der Waals surface area contributed by atoms with Crippen LogP contribution in [0.25, 0.3) is 0 Å². The molecule has 0 atom stereocenters. The number of carbonyl (C=O) groups excluding carboxylic acids is 1. The fraction of sp³-hybridized carbons (Fsp3) is 0.818. The van der Waals surface area contributed by atoms with Crippen molar-refractivity contribution in [2.24, 2.45) is 0 Å². The molecule has 94 valence electrons. The first kappa shape index (κ1) is 15.1. The Labute approximate surface area is 95.7 Å². The molecule has 0 unspecified atom stereocenters. The van der Waals surface area contributed by atoms with Gasteiger partial charge in [-0.1, -0.05) is 0 Å². The van der Waals surface area contributed by atoms with Crippen LogP contribution < -0.4 is 0 Å². The van der Waals surface area contributed by atoms with Crippen LogP contribution in [0.15, 0.2) is 0 Å². The van der Waals surface area contributed by atoms with Gasteiger partial charge in [0.25, 0.3) is 0 Å². The number of rotatable bonds is 8. The average molecular weight is 232 g/mol. The monoisotopic (exact) mass is 232 g/mol. The Morgan fingerprint density at radius 3 is 1.81 bits per heavy atom. The molecule has 0 bridgehead atoms. The molecule has 0 aromatic heterocycles. The van der Waals surface area contributed by atoms with Gasteiger partial charge < -0.3 is 14.6 Å². The Hall–Kier alpha value is -0.940. The van der Waals surface area contributed by atoms with Crippen LogP contribution in [0.1, 0.15) is 40.5 Å². The molecule has 0 rings (SSSR count). The van der Waals surface area contributed by atoms with Crippen LogP contribution in [0.2, 0.25) is 0 Å². The number of ether oxygens (including phenoxy) is 2. The average Bonchev–Trinajstić information content (AvgIpc) is 1.97. The molecule has 0 saturated heterocycles. The van der Waals surface area contributed by atoms with Crippen LogP contribution in [0.3, 0.4) is 0 Å². The number of carboxylic acid groups (broad SMARTS) is 1. The standard InChI is InChI=1S/C11H20O5/c1-7(2)15-11(16-8(3)4)6-9(12)5-10(13)14/h7-8,11H,5-6H2,1-4H3,(H,13,14). The second-order valence-electron chi connectivity index (χ2n) is 4.11. The normalized spacial score (nSPS) is 11.4. The SMILES string of the molecule is CC(C)OC(CC(=O)CC(=O)O)OC(C)C. The maximum atomic E-state index is 11.3. The maximum absolute atomic E-state index is 11.3. The van der Waals surface area contributed by atoms with Crippen molar-refractivity contribution in [3.05, 3.63) is 0 Å². The summed E-state index contributed by atoms with van der Waals surface area (Å²) < 4.78 is 10.8. The van der Waals surface area contributed by atoms with E-state index in [1.54, 1.807) is 0 Å². The smallest absolute Gasteiger partial charge is 0.310 e. The van der Waals surface area contributed by atoms with Gasteiger partial charge in [0.05, 0.1) is 18.6 Å². The van der Waals surface area contributed by atoms with Crippen LogP contribution in [0, 0.1) is 0 Å². The second kappa shape index (κ2) is 7.35. The summed E-state index contributed by atoms with van der Waals surface area (Å²) in [7, 11) is 0. The van der Waals surface area contributed by atoms with Gasteiger partial charge in [-0.3, -0.25) is 9.59 Å². The fourth-order valence-electron chi connectivity index (χ4n) is 1.16. The molecule has 1 N–H and O–H groups in total. The van der Waals surface area contributed by atoms with Crippen molar-refractivity contribution in [3.8, 4) is 0 Å². The lowest BCUT2D eigenvalue weighted by Crippen LogP contribution is -2.27. The zero-order valence-electron chi connectivity index (χ0n) is 10.2. The highest BCUT2D eigenvalue weighted by molar-refractivity contribution is 5.94. The van der Waals surface area contributed by atoms with E-state index in [0.29, 0.717) is 0 Å². The fourth-order valence-corrected chi connectivity index (χ4v) is 1.16. The lowest BCUT2D eigenvalue weighted by molar-refractivity contribution is -0.185. The van der Waals surface area contributed by atoms with E-state index in [1.165, 1.54) is 0 Å². The van der Waals surface area contributed by atoms with E-state index >= 15 is 0 Å². The Bertz CT molecular complexity index is 225. The molecule has 0 amide bonds. The molecule has 0 saturated carbocycles. The van der Waals surface area contributed by atoms with Gasteiger partial charge in [-0.15, -0.1) is 0 Å². The quantitative estimate of drug-likeness (QED) is 0.508. The van der Waals surface area contributed by atoms with Crippen molar-refractivity contribution in [3.63, 3.8) is 0 Å². The Morgan fingerprint density at radius 1 is 1.06 bits per heavy atom. The van der Waals surface area contributed by atoms with E-state index in [1.807, 2.05) is 27.7 Å². The summed E-state index contributed by atoms with van der Waals surface area (Å²) >= 11 is 0. The molecule has 0 aromatic carbocycles. The minimum absolute atomic E-state index is 0.0251. The number of hydrogen-bond donors (Lipinski definition) is 1. The van der Waals surface area contributed by atoms with Crippen molar-refractivity contribution >= 4 is 11.8 Å². The van der Waals surface area contributed by atoms with Gasteiger partial charge in [0.1, 0.15) is 12.2 Å². The highest BCUT2D eigenvalue weighted by Crippen LogP contribution is 2.09. The van der Waals surface area contributed by atoms with Crippen LogP contribution >= 0.6 is 0 Å². The molecule has 0 radical (unpaired) electrons. The number of hydrogen-bond acceptors (Lipinski definition) is 4. The van der Waals surface area contributed by atoms with Crippen molar-refractivity contribution in [2.45, 2.75) is 59.0 Å². The van der Waals surface area contributed by atoms with Crippen LogP contribution in [0.4, 0.5) is 0 Å². The first-order valence-corrected chi connectivity index (χ1v) is 5.35. The molecule has 0 spiro atoms. The minimum atomic E-state index is -1.13. The van der Waals surface area contributed by atoms with Gasteiger partial charge >= 0.3 is 5.97 Å².